The molecule has 1 saturated heterocycles. The van der Waals surface area contributed by atoms with Gasteiger partial charge in [-0.2, -0.15) is 18.2 Å². The zero-order valence-electron chi connectivity index (χ0n) is 35.1. The number of halogens is 4. The Morgan fingerprint density at radius 3 is 2.39 bits per heavy atom. The third-order valence-electron chi connectivity index (χ3n) is 12.5. The maximum Gasteiger partial charge on any atom is 0.411 e. The number of aromatic nitrogens is 2. The van der Waals surface area contributed by atoms with E-state index in [4.69, 9.17) is 9.47 Å². The van der Waals surface area contributed by atoms with Gasteiger partial charge in [0, 0.05) is 32.5 Å². The van der Waals surface area contributed by atoms with Crippen LogP contribution in [0.15, 0.2) is 30.4 Å². The Labute approximate surface area is 351 Å². The van der Waals surface area contributed by atoms with Gasteiger partial charge in [0.15, 0.2) is 0 Å². The molecule has 4 aliphatic rings. The Morgan fingerprint density at radius 2 is 1.80 bits per heavy atom. The quantitative estimate of drug-likeness (QED) is 0.222. The summed E-state index contributed by atoms with van der Waals surface area (Å²) in [5.74, 6) is -4.37. The van der Waals surface area contributed by atoms with Crippen molar-refractivity contribution in [3.05, 3.63) is 30.4 Å². The normalized spacial score (nSPS) is 28.6. The first-order valence-electron chi connectivity index (χ1n) is 20.1. The third-order valence-corrected chi connectivity index (χ3v) is 14.7. The minimum Gasteiger partial charge on any atom is -0.497 e. The molecule has 2 aliphatic carbocycles. The predicted octanol–water partition coefficient (Wildman–Crippen LogP) is 4.58. The Balaban J connectivity index is 1.45. The van der Waals surface area contributed by atoms with E-state index in [1.165, 1.54) is 14.0 Å². The number of hydrogen-bond donors (Lipinski definition) is 3. The highest BCUT2D eigenvalue weighted by Crippen LogP contribution is 2.48. The lowest BCUT2D eigenvalue weighted by molar-refractivity contribution is -0.222. The monoisotopic (exact) mass is 883 g/mol. The molecule has 4 amide bonds. The van der Waals surface area contributed by atoms with Crippen molar-refractivity contribution in [2.45, 2.75) is 113 Å². The number of rotatable bonds is 10. The van der Waals surface area contributed by atoms with Gasteiger partial charge in [0.05, 0.1) is 24.6 Å². The molecule has 2 aromatic rings. The van der Waals surface area contributed by atoms with Crippen molar-refractivity contribution < 1.29 is 59.7 Å². The molecule has 3 N–H and O–H groups in total. The molecule has 21 heteroatoms. The van der Waals surface area contributed by atoms with Crippen LogP contribution in [0, 0.1) is 17.8 Å². The van der Waals surface area contributed by atoms with Gasteiger partial charge in [0.25, 0.3) is 5.91 Å². The number of alkyl halides is 4. The number of methoxy groups -OCH3 is 1. The number of nitrogens with zero attached hydrogens (tertiary/aromatic N) is 5. The molecule has 7 atom stereocenters. The number of carbonyl (C=O) groups is 4. The predicted molar refractivity (Wildman–Crippen MR) is 214 cm³/mol. The van der Waals surface area contributed by atoms with Crippen molar-refractivity contribution >= 4 is 50.7 Å². The molecule has 0 radical (unpaired) electrons. The number of carboxylic acid groups (broad SMARTS) is 1. The number of carbonyl (C=O) groups excluding carboxylic acids is 3. The summed E-state index contributed by atoms with van der Waals surface area (Å²) in [6, 6.07) is 1.41. The summed E-state index contributed by atoms with van der Waals surface area (Å²) in [5, 5.41) is 13.6. The summed E-state index contributed by atoms with van der Waals surface area (Å²) >= 11 is 0. The van der Waals surface area contributed by atoms with E-state index in [1.54, 1.807) is 49.3 Å². The van der Waals surface area contributed by atoms with Crippen LogP contribution in [0.5, 0.6) is 11.6 Å². The van der Waals surface area contributed by atoms with Crippen LogP contribution in [0.3, 0.4) is 0 Å². The molecule has 336 valence electrons. The van der Waals surface area contributed by atoms with E-state index in [1.807, 2.05) is 11.6 Å². The van der Waals surface area contributed by atoms with Gasteiger partial charge >= 0.3 is 12.3 Å². The average molecular weight is 884 g/mol. The van der Waals surface area contributed by atoms with E-state index in [9.17, 15) is 45.5 Å². The zero-order chi connectivity index (χ0) is 45.0. The molecular weight excluding hydrogens is 831 g/mol. The Bertz CT molecular complexity index is 2200. The van der Waals surface area contributed by atoms with E-state index in [-0.39, 0.29) is 54.8 Å². The van der Waals surface area contributed by atoms with Crippen molar-refractivity contribution in [1.82, 2.24) is 29.8 Å². The fourth-order valence-electron chi connectivity index (χ4n) is 8.38. The summed E-state index contributed by atoms with van der Waals surface area (Å²) in [4.78, 5) is 68.5. The molecule has 16 nitrogen and oxygen atoms in total. The van der Waals surface area contributed by atoms with Crippen molar-refractivity contribution in [3.63, 3.8) is 0 Å². The van der Waals surface area contributed by atoms with Gasteiger partial charge in [-0.3, -0.25) is 24.0 Å². The SMILES string of the molecule is COc1ccc2c(O[C@@H]3C[C@H]4C(=O)N[C@]5(C(=O)NS(=O)(=O)C6(CF)CC6)C[C@H]5/C=C\CC[C@@H](C)C[C@@H](C)[C@H](N(C(=O)O)C(C)(C)C(F)(F)F)C(=O)N4C3)nc(N(C)C)nc2c1. The number of ether oxygens (including phenoxy) is 2. The van der Waals surface area contributed by atoms with Crippen LogP contribution >= 0.6 is 0 Å². The maximum atomic E-state index is 15.1. The molecule has 0 unspecified atom stereocenters. The highest BCUT2D eigenvalue weighted by molar-refractivity contribution is 7.91. The van der Waals surface area contributed by atoms with E-state index >= 15 is 4.79 Å². The minimum atomic E-state index is -5.13. The van der Waals surface area contributed by atoms with Gasteiger partial charge in [0.2, 0.25) is 33.7 Å². The second-order valence-electron chi connectivity index (χ2n) is 17.6. The van der Waals surface area contributed by atoms with E-state index in [0.29, 0.717) is 43.3 Å². The number of amides is 4. The number of sulfonamides is 1. The highest BCUT2D eigenvalue weighted by Gasteiger charge is 2.64. The summed E-state index contributed by atoms with van der Waals surface area (Å²) < 4.78 is 96.6. The standard InChI is InChI=1S/C40H53F4N7O9S/c1-22-10-8-9-11-24-19-39(24,34(54)48-61(57,58)38(21-41)14-15-38)47-31(52)29-18-26(60-32-27-13-12-25(59-7)17-28(27)45-35(46-32)49(5)6)20-50(29)33(53)30(23(2)16-22)51(36(55)56)37(3,4)40(42,43)44/h9,11-13,17,22-24,26,29-30H,8,10,14-16,18-21H2,1-7H3,(H,47,52)(H,48,54)(H,55,56)/b11-9-/t22-,23-,24-,26-,29+,30+,39-/m1/s1. The largest absolute Gasteiger partial charge is 0.497 e. The highest BCUT2D eigenvalue weighted by atomic mass is 32.2. The minimum absolute atomic E-state index is 0.00316. The smallest absolute Gasteiger partial charge is 0.411 e. The molecule has 61 heavy (non-hydrogen) atoms. The zero-order valence-corrected chi connectivity index (χ0v) is 35.9. The molecular formula is C40H53F4N7O9S. The van der Waals surface area contributed by atoms with Gasteiger partial charge in [-0.1, -0.05) is 26.0 Å². The molecule has 6 rings (SSSR count). The van der Waals surface area contributed by atoms with Gasteiger partial charge < -0.3 is 29.7 Å². The van der Waals surface area contributed by atoms with Gasteiger partial charge in [-0.05, 0) is 76.3 Å². The summed E-state index contributed by atoms with van der Waals surface area (Å²) in [5.41, 5.74) is -4.51. The van der Waals surface area contributed by atoms with Gasteiger partial charge in [-0.15, -0.1) is 0 Å². The maximum absolute atomic E-state index is 15.1. The van der Waals surface area contributed by atoms with Crippen LogP contribution in [0.25, 0.3) is 10.9 Å². The van der Waals surface area contributed by atoms with Gasteiger partial charge in [0.1, 0.15) is 46.4 Å². The summed E-state index contributed by atoms with van der Waals surface area (Å²) in [6.07, 6.45) is -4.16. The van der Waals surface area contributed by atoms with Crippen LogP contribution in [-0.2, 0) is 24.4 Å². The number of hydrogen-bond acceptors (Lipinski definition) is 11. The second kappa shape index (κ2) is 16.4. The number of fused-ring (bicyclic) bond motifs is 3. The Morgan fingerprint density at radius 1 is 1.11 bits per heavy atom. The average Bonchev–Trinajstić information content (AvgIpc) is 4.08. The summed E-state index contributed by atoms with van der Waals surface area (Å²) in [6.45, 7) is 3.00. The molecule has 3 heterocycles. The lowest BCUT2D eigenvalue weighted by atomic mass is 9.85. The Hall–Kier alpha value is -4.95. The third kappa shape index (κ3) is 8.62. The molecule has 3 fully saturated rings. The fraction of sp³-hybridized carbons (Fsp3) is 0.650. The van der Waals surface area contributed by atoms with E-state index < -0.39 is 99.1 Å². The van der Waals surface area contributed by atoms with Crippen LogP contribution < -0.4 is 24.4 Å². The molecule has 0 bridgehead atoms. The lowest BCUT2D eigenvalue weighted by Gasteiger charge is -2.45. The van der Waals surface area contributed by atoms with Crippen LogP contribution in [-0.4, -0.2) is 132 Å². The topological polar surface area (TPSA) is 201 Å². The van der Waals surface area contributed by atoms with Crippen molar-refractivity contribution in [1.29, 1.82) is 0 Å². The first-order chi connectivity index (χ1) is 28.4. The van der Waals surface area contributed by atoms with Crippen molar-refractivity contribution in [2.75, 3.05) is 39.3 Å². The first-order valence-corrected chi connectivity index (χ1v) is 21.6. The second-order valence-corrected chi connectivity index (χ2v) is 19.7. The van der Waals surface area contributed by atoms with Crippen molar-refractivity contribution in [2.24, 2.45) is 17.8 Å². The van der Waals surface area contributed by atoms with E-state index in [2.05, 4.69) is 15.3 Å². The van der Waals surface area contributed by atoms with Crippen LogP contribution in [0.2, 0.25) is 0 Å². The summed E-state index contributed by atoms with van der Waals surface area (Å²) in [7, 11) is 0.344. The molecule has 1 aromatic carbocycles. The molecule has 2 aliphatic heterocycles. The molecule has 1 aromatic heterocycles. The van der Waals surface area contributed by atoms with E-state index in [0.717, 1.165) is 4.90 Å². The molecule has 0 spiro atoms. The lowest BCUT2D eigenvalue weighted by Crippen LogP contribution is -2.66. The number of benzene rings is 1. The van der Waals surface area contributed by atoms with Crippen LogP contribution in [0.1, 0.15) is 72.6 Å². The fourth-order valence-corrected chi connectivity index (χ4v) is 9.81. The Kier molecular flexibility index (Phi) is 12.2. The number of anilines is 1. The van der Waals surface area contributed by atoms with Gasteiger partial charge in [-0.25, -0.2) is 22.6 Å². The van der Waals surface area contributed by atoms with Crippen LogP contribution in [0.4, 0.5) is 28.3 Å². The number of nitrogens with one attached hydrogen (secondary N) is 2. The first kappa shape index (κ1) is 45.6. The number of allylic oxidation sites excluding steroid dienone is 1. The molecule has 2 saturated carbocycles. The van der Waals surface area contributed by atoms with Crippen molar-refractivity contribution in [3.8, 4) is 11.6 Å².